The molecule has 0 rings (SSSR count). The van der Waals surface area contributed by atoms with Gasteiger partial charge in [-0.05, 0) is 0 Å². The lowest BCUT2D eigenvalue weighted by Crippen LogP contribution is -2.42. The van der Waals surface area contributed by atoms with Crippen molar-refractivity contribution in [2.24, 2.45) is 5.73 Å². The number of carbonyl (C=O) groups is 8. The molecule has 0 spiro atoms. The number of Topliss-reactive ketones (excluding diaryl/α,β-unsaturated/α-hetero) is 1. The number of hydrogen-bond acceptors (Lipinski definition) is 10. The van der Waals surface area contributed by atoms with E-state index in [0.717, 1.165) is 0 Å². The molecule has 0 aromatic carbocycles. The molecule has 0 aliphatic carbocycles. The molecule has 0 saturated carbocycles. The Bertz CT molecular complexity index is 710. The summed E-state index contributed by atoms with van der Waals surface area (Å²) in [5.74, 6) is -12.0. The topological polar surface area (TPSA) is 324 Å². The summed E-state index contributed by atoms with van der Waals surface area (Å²) < 4.78 is 0. The molecule has 176 valence electrons. The maximum atomic E-state index is 10.3. The van der Waals surface area contributed by atoms with Crippen molar-refractivity contribution in [1.82, 2.24) is 0 Å². The first-order valence-corrected chi connectivity index (χ1v) is 7.43. The predicted octanol–water partition coefficient (Wildman–Crippen LogP) is -3.26. The number of ketones is 1. The molecule has 0 bridgehead atoms. The molecule has 0 fully saturated rings. The maximum absolute atomic E-state index is 10.3. The van der Waals surface area contributed by atoms with Crippen molar-refractivity contribution in [3.63, 3.8) is 0 Å². The van der Waals surface area contributed by atoms with Crippen LogP contribution < -0.4 is 5.73 Å². The fourth-order valence-corrected chi connectivity index (χ4v) is 1.20. The lowest BCUT2D eigenvalue weighted by Gasteiger charge is -2.18. The van der Waals surface area contributed by atoms with E-state index in [1.165, 1.54) is 0 Å². The van der Waals surface area contributed by atoms with Gasteiger partial charge in [-0.2, -0.15) is 0 Å². The molecule has 17 heteroatoms. The van der Waals surface area contributed by atoms with Crippen molar-refractivity contribution in [1.29, 1.82) is 0 Å². The Morgan fingerprint density at radius 2 is 1.06 bits per heavy atom. The number of aliphatic carboxylic acids is 7. The molecule has 0 radical (unpaired) electrons. The molecule has 31 heavy (non-hydrogen) atoms. The van der Waals surface area contributed by atoms with E-state index in [0.29, 0.717) is 0 Å². The number of carboxylic acids is 7. The molecule has 0 aliphatic heterocycles. The van der Waals surface area contributed by atoms with E-state index in [4.69, 9.17) is 46.6 Å². The van der Waals surface area contributed by atoms with Crippen molar-refractivity contribution in [3.8, 4) is 0 Å². The molecule has 0 saturated heterocycles. The van der Waals surface area contributed by atoms with E-state index >= 15 is 0 Å². The van der Waals surface area contributed by atoms with Gasteiger partial charge in [0, 0.05) is 0 Å². The van der Waals surface area contributed by atoms with Crippen LogP contribution in [0.15, 0.2) is 0 Å². The number of rotatable bonds is 11. The van der Waals surface area contributed by atoms with E-state index in [-0.39, 0.29) is 0 Å². The van der Waals surface area contributed by atoms with Crippen LogP contribution in [-0.4, -0.2) is 100 Å². The lowest BCUT2D eigenvalue weighted by atomic mass is 9.96. The molecule has 0 aliphatic rings. The molecule has 10 N–H and O–H groups in total. The lowest BCUT2D eigenvalue weighted by molar-refractivity contribution is -0.170. The Balaban J connectivity index is -0.000000390. The van der Waals surface area contributed by atoms with Gasteiger partial charge >= 0.3 is 41.8 Å². The van der Waals surface area contributed by atoms with Gasteiger partial charge in [0.15, 0.2) is 5.60 Å². The fraction of sp³-hybridized carbons (Fsp3) is 0.429. The first kappa shape index (κ1) is 31.6. The van der Waals surface area contributed by atoms with Crippen LogP contribution in [0.1, 0.15) is 25.7 Å². The molecule has 1 atom stereocenters. The van der Waals surface area contributed by atoms with Crippen LogP contribution in [-0.2, 0) is 38.4 Å². The molecule has 0 aromatic rings. The number of aliphatic hydroxyl groups is 1. The van der Waals surface area contributed by atoms with Crippen molar-refractivity contribution in [2.45, 2.75) is 37.3 Å². The van der Waals surface area contributed by atoms with Crippen LogP contribution in [0.3, 0.4) is 0 Å². The second-order valence-electron chi connectivity index (χ2n) is 5.32. The average molecular weight is 457 g/mol. The summed E-state index contributed by atoms with van der Waals surface area (Å²) in [6.45, 7) is 0. The van der Waals surface area contributed by atoms with Gasteiger partial charge in [-0.25, -0.2) is 9.59 Å². The van der Waals surface area contributed by atoms with Gasteiger partial charge < -0.3 is 46.6 Å². The van der Waals surface area contributed by atoms with Gasteiger partial charge in [0.05, 0.1) is 19.3 Å². The summed E-state index contributed by atoms with van der Waals surface area (Å²) in [7, 11) is 0. The SMILES string of the molecule is N[C@@H](CC(=O)O)C(=O)O.O=C(O)CC(=O)C(=O)O.O=C(O)CC(O)(CC(=O)O)C(=O)O. The summed E-state index contributed by atoms with van der Waals surface area (Å²) in [5.41, 5.74) is 2.10. The Hall–Kier alpha value is -4.12. The highest BCUT2D eigenvalue weighted by Crippen LogP contribution is 2.15. The van der Waals surface area contributed by atoms with E-state index in [1.54, 1.807) is 0 Å². The number of carboxylic acid groups (broad SMARTS) is 7. The minimum absolute atomic E-state index is 0.532. The Labute approximate surface area is 170 Å². The molecule has 0 amide bonds. The van der Waals surface area contributed by atoms with Gasteiger partial charge in [0.2, 0.25) is 0 Å². The van der Waals surface area contributed by atoms with Gasteiger partial charge in [0.25, 0.3) is 5.78 Å². The van der Waals surface area contributed by atoms with Crippen LogP contribution in [0.5, 0.6) is 0 Å². The minimum Gasteiger partial charge on any atom is -0.481 e. The molecule has 17 nitrogen and oxygen atoms in total. The second kappa shape index (κ2) is 14.8. The number of hydrogen-bond donors (Lipinski definition) is 9. The first-order chi connectivity index (χ1) is 13.8. The van der Waals surface area contributed by atoms with Crippen LogP contribution in [0, 0.1) is 0 Å². The molecule has 0 heterocycles. The summed E-state index contributed by atoms with van der Waals surface area (Å²) in [6, 6.07) is -1.29. The van der Waals surface area contributed by atoms with Crippen LogP contribution in [0.25, 0.3) is 0 Å². The van der Waals surface area contributed by atoms with Crippen LogP contribution >= 0.6 is 0 Å². The van der Waals surface area contributed by atoms with E-state index in [1.807, 2.05) is 0 Å². The summed E-state index contributed by atoms with van der Waals surface area (Å²) in [5, 5.41) is 65.5. The van der Waals surface area contributed by atoms with E-state index < -0.39 is 84.9 Å². The van der Waals surface area contributed by atoms with Gasteiger partial charge in [-0.1, -0.05) is 0 Å². The third-order valence-electron chi connectivity index (χ3n) is 2.55. The number of carbonyl (C=O) groups excluding carboxylic acids is 1. The summed E-state index contributed by atoms with van der Waals surface area (Å²) in [4.78, 5) is 79.3. The van der Waals surface area contributed by atoms with Crippen LogP contribution in [0.2, 0.25) is 0 Å². The van der Waals surface area contributed by atoms with Crippen molar-refractivity contribution < 1.29 is 79.2 Å². The van der Waals surface area contributed by atoms with E-state index in [9.17, 15) is 38.4 Å². The van der Waals surface area contributed by atoms with Crippen molar-refractivity contribution in [2.75, 3.05) is 0 Å². The quantitative estimate of drug-likeness (QED) is 0.108. The first-order valence-electron chi connectivity index (χ1n) is 7.43. The Morgan fingerprint density at radius 1 is 0.677 bits per heavy atom. The van der Waals surface area contributed by atoms with E-state index in [2.05, 4.69) is 0 Å². The average Bonchev–Trinajstić information content (AvgIpc) is 2.52. The second-order valence-corrected chi connectivity index (χ2v) is 5.32. The normalized spacial score (nSPS) is 10.6. The zero-order valence-corrected chi connectivity index (χ0v) is 15.3. The third kappa shape index (κ3) is 19.0. The number of nitrogens with two attached hydrogens (primary N) is 1. The zero-order valence-electron chi connectivity index (χ0n) is 15.3. The summed E-state index contributed by atoms with van der Waals surface area (Å²) >= 11 is 0. The largest absolute Gasteiger partial charge is 0.481 e. The van der Waals surface area contributed by atoms with Crippen molar-refractivity contribution in [3.05, 3.63) is 0 Å². The van der Waals surface area contributed by atoms with Gasteiger partial charge in [-0.3, -0.25) is 28.8 Å². The smallest absolute Gasteiger partial charge is 0.372 e. The Morgan fingerprint density at radius 3 is 1.19 bits per heavy atom. The highest BCUT2D eigenvalue weighted by Gasteiger charge is 2.40. The molecular formula is C14H19NO16. The van der Waals surface area contributed by atoms with Crippen LogP contribution in [0.4, 0.5) is 0 Å². The standard InChI is InChI=1S/C6H8O7.C4H7NO4.C4H4O5/c7-3(8)1-6(13,5(11)12)2-4(9)10;2*5-2(4(8)9)1-3(6)7/h13H,1-2H2,(H,7,8)(H,9,10)(H,11,12);2H,1,5H2,(H,6,7)(H,8,9);1H2,(H,6,7)(H,8,9)/t;2-;/m.0./s1. The minimum atomic E-state index is -2.74. The van der Waals surface area contributed by atoms with Gasteiger partial charge in [-0.15, -0.1) is 0 Å². The highest BCUT2D eigenvalue weighted by molar-refractivity contribution is 6.35. The zero-order chi connectivity index (χ0) is 25.5. The maximum Gasteiger partial charge on any atom is 0.372 e. The highest BCUT2D eigenvalue weighted by atomic mass is 16.4. The molecular weight excluding hydrogens is 438 g/mol. The predicted molar refractivity (Wildman–Crippen MR) is 89.9 cm³/mol. The van der Waals surface area contributed by atoms with Crippen molar-refractivity contribution >= 4 is 47.6 Å². The monoisotopic (exact) mass is 457 g/mol. The Kier molecular flexibility index (Phi) is 15.1. The van der Waals surface area contributed by atoms with Gasteiger partial charge in [0.1, 0.15) is 12.5 Å². The summed E-state index contributed by atoms with van der Waals surface area (Å²) in [6.07, 6.45) is -3.77. The molecule has 0 aromatic heterocycles. The fourth-order valence-electron chi connectivity index (χ4n) is 1.20. The molecule has 0 unspecified atom stereocenters. The third-order valence-corrected chi connectivity index (χ3v) is 2.55.